The molecule has 1 fully saturated rings. The second-order valence-electron chi connectivity index (χ2n) is 10.0. The molecule has 6 rings (SSSR count). The number of pyridine rings is 1. The molecule has 1 aliphatic rings. The number of hydrogen-bond acceptors (Lipinski definition) is 5. The fourth-order valence-corrected chi connectivity index (χ4v) is 5.14. The first-order valence-electron chi connectivity index (χ1n) is 13.3. The summed E-state index contributed by atoms with van der Waals surface area (Å²) in [6.45, 7) is 6.68. The van der Waals surface area contributed by atoms with Gasteiger partial charge < -0.3 is 9.80 Å². The van der Waals surface area contributed by atoms with Crippen molar-refractivity contribution in [3.05, 3.63) is 107 Å². The van der Waals surface area contributed by atoms with E-state index in [2.05, 4.69) is 17.0 Å². The van der Waals surface area contributed by atoms with Gasteiger partial charge in [0.05, 0.1) is 22.8 Å². The van der Waals surface area contributed by atoms with Gasteiger partial charge in [-0.1, -0.05) is 48.5 Å². The van der Waals surface area contributed by atoms with Crippen LogP contribution in [-0.4, -0.2) is 56.4 Å². The molecule has 4 heterocycles. The van der Waals surface area contributed by atoms with Gasteiger partial charge in [-0.15, -0.1) is 0 Å². The number of hydrogen-bond donors (Lipinski definition) is 0. The maximum atomic E-state index is 12.9. The van der Waals surface area contributed by atoms with Gasteiger partial charge >= 0.3 is 0 Å². The predicted octanol–water partition coefficient (Wildman–Crippen LogP) is 4.77. The van der Waals surface area contributed by atoms with E-state index in [1.807, 2.05) is 90.1 Å². The Labute approximate surface area is 226 Å². The normalized spacial score (nSPS) is 13.8. The lowest BCUT2D eigenvalue weighted by Gasteiger charge is -2.36. The van der Waals surface area contributed by atoms with Gasteiger partial charge in [0.15, 0.2) is 0 Å². The molecule has 3 aromatic heterocycles. The Hall–Kier alpha value is -4.72. The Morgan fingerprint density at radius 1 is 0.821 bits per heavy atom. The number of rotatable bonds is 5. The highest BCUT2D eigenvalue weighted by Crippen LogP contribution is 2.35. The Morgan fingerprint density at radius 3 is 2.21 bits per heavy atom. The lowest BCUT2D eigenvalue weighted by atomic mass is 10.0. The first-order chi connectivity index (χ1) is 19.0. The Kier molecular flexibility index (Phi) is 6.44. The van der Waals surface area contributed by atoms with Crippen LogP contribution in [0.4, 0.5) is 5.69 Å². The third-order valence-electron chi connectivity index (χ3n) is 7.19. The molecule has 39 heavy (non-hydrogen) atoms. The van der Waals surface area contributed by atoms with E-state index in [9.17, 15) is 9.59 Å². The summed E-state index contributed by atoms with van der Waals surface area (Å²) in [4.78, 5) is 29.6. The van der Waals surface area contributed by atoms with Crippen molar-refractivity contribution in [3.8, 4) is 22.5 Å². The van der Waals surface area contributed by atoms with Crippen LogP contribution in [0.5, 0.6) is 0 Å². The van der Waals surface area contributed by atoms with Crippen LogP contribution >= 0.6 is 0 Å². The molecule has 1 saturated heterocycles. The van der Waals surface area contributed by atoms with Crippen LogP contribution in [0.2, 0.25) is 0 Å². The van der Waals surface area contributed by atoms with Crippen molar-refractivity contribution in [1.29, 1.82) is 0 Å². The summed E-state index contributed by atoms with van der Waals surface area (Å²) < 4.78 is 3.39. The molecule has 8 nitrogen and oxygen atoms in total. The summed E-state index contributed by atoms with van der Waals surface area (Å²) in [6.07, 6.45) is 1.97. The SMILES string of the molecule is CC(C)n1nc(-c2c(-c3ccccc3)nn3ccc(N4CCN(C(=O)c5ccccc5)CC4)cc23)ccc1=O. The number of carbonyl (C=O) groups excluding carboxylic acids is 1. The molecular formula is C31H30N6O2. The molecule has 0 aliphatic carbocycles. The molecule has 0 saturated carbocycles. The Bertz CT molecular complexity index is 1680. The molecule has 0 spiro atoms. The van der Waals surface area contributed by atoms with E-state index in [-0.39, 0.29) is 17.5 Å². The van der Waals surface area contributed by atoms with E-state index in [1.54, 1.807) is 12.1 Å². The molecule has 8 heteroatoms. The maximum Gasteiger partial charge on any atom is 0.267 e. The van der Waals surface area contributed by atoms with Crippen LogP contribution < -0.4 is 10.5 Å². The third-order valence-corrected chi connectivity index (χ3v) is 7.19. The average Bonchev–Trinajstić information content (AvgIpc) is 3.37. The highest BCUT2D eigenvalue weighted by atomic mass is 16.2. The van der Waals surface area contributed by atoms with Crippen LogP contribution in [0.15, 0.2) is 95.9 Å². The highest BCUT2D eigenvalue weighted by molar-refractivity contribution is 5.94. The summed E-state index contributed by atoms with van der Waals surface area (Å²) in [5.74, 6) is 0.0719. The van der Waals surface area contributed by atoms with Gasteiger partial charge in [-0.25, -0.2) is 9.20 Å². The average molecular weight is 519 g/mol. The van der Waals surface area contributed by atoms with Gasteiger partial charge in [-0.05, 0) is 44.2 Å². The summed E-state index contributed by atoms with van der Waals surface area (Å²) >= 11 is 0. The zero-order valence-corrected chi connectivity index (χ0v) is 22.1. The Morgan fingerprint density at radius 2 is 1.51 bits per heavy atom. The second-order valence-corrected chi connectivity index (χ2v) is 10.0. The zero-order valence-electron chi connectivity index (χ0n) is 22.1. The van der Waals surface area contributed by atoms with E-state index >= 15 is 0 Å². The molecule has 0 bridgehead atoms. The van der Waals surface area contributed by atoms with Crippen LogP contribution in [0.25, 0.3) is 28.0 Å². The zero-order chi connectivity index (χ0) is 26.9. The van der Waals surface area contributed by atoms with Crippen molar-refractivity contribution < 1.29 is 4.79 Å². The number of nitrogens with zero attached hydrogens (tertiary/aromatic N) is 6. The smallest absolute Gasteiger partial charge is 0.267 e. The summed E-state index contributed by atoms with van der Waals surface area (Å²) in [6, 6.07) is 27.0. The molecule has 0 N–H and O–H groups in total. The minimum atomic E-state index is -0.130. The highest BCUT2D eigenvalue weighted by Gasteiger charge is 2.24. The van der Waals surface area contributed by atoms with Crippen molar-refractivity contribution >= 4 is 17.1 Å². The van der Waals surface area contributed by atoms with Crippen molar-refractivity contribution in [1.82, 2.24) is 24.3 Å². The summed E-state index contributed by atoms with van der Waals surface area (Å²) in [5.41, 5.74) is 5.95. The number of anilines is 1. The van der Waals surface area contributed by atoms with Crippen LogP contribution in [0.3, 0.4) is 0 Å². The monoisotopic (exact) mass is 518 g/mol. The van der Waals surface area contributed by atoms with Crippen LogP contribution in [0.1, 0.15) is 30.2 Å². The number of piperazine rings is 1. The van der Waals surface area contributed by atoms with E-state index in [0.717, 1.165) is 46.7 Å². The summed E-state index contributed by atoms with van der Waals surface area (Å²) in [7, 11) is 0. The van der Waals surface area contributed by atoms with Gasteiger partial charge in [0.1, 0.15) is 5.69 Å². The Balaban J connectivity index is 1.37. The third kappa shape index (κ3) is 4.69. The van der Waals surface area contributed by atoms with E-state index < -0.39 is 0 Å². The van der Waals surface area contributed by atoms with Gasteiger partial charge in [-0.3, -0.25) is 9.59 Å². The standard InChI is InChI=1S/C31H30N6O2/c1-22(2)37-28(38)14-13-26(32-37)29-27-21-25(15-16-36(27)33-30(29)23-9-5-3-6-10-23)34-17-19-35(20-18-34)31(39)24-11-7-4-8-12-24/h3-16,21-22H,17-20H2,1-2H3. The quantitative estimate of drug-likeness (QED) is 0.335. The molecule has 0 radical (unpaired) electrons. The van der Waals surface area contributed by atoms with Gasteiger partial charge in [-0.2, -0.15) is 10.2 Å². The lowest BCUT2D eigenvalue weighted by molar-refractivity contribution is 0.0747. The predicted molar refractivity (Wildman–Crippen MR) is 153 cm³/mol. The molecule has 1 amide bonds. The minimum Gasteiger partial charge on any atom is -0.368 e. The number of fused-ring (bicyclic) bond motifs is 1. The molecule has 2 aromatic carbocycles. The number of benzene rings is 2. The molecule has 0 atom stereocenters. The molecular weight excluding hydrogens is 488 g/mol. The van der Waals surface area contributed by atoms with Crippen LogP contribution in [-0.2, 0) is 0 Å². The van der Waals surface area contributed by atoms with Crippen molar-refractivity contribution in [2.75, 3.05) is 31.1 Å². The maximum absolute atomic E-state index is 12.9. The minimum absolute atomic E-state index is 0.0649. The largest absolute Gasteiger partial charge is 0.368 e. The van der Waals surface area contributed by atoms with E-state index in [0.29, 0.717) is 18.8 Å². The first kappa shape index (κ1) is 24.6. The first-order valence-corrected chi connectivity index (χ1v) is 13.3. The van der Waals surface area contributed by atoms with E-state index in [1.165, 1.54) is 4.68 Å². The van der Waals surface area contributed by atoms with Gasteiger partial charge in [0.25, 0.3) is 11.5 Å². The van der Waals surface area contributed by atoms with Crippen molar-refractivity contribution in [3.63, 3.8) is 0 Å². The number of carbonyl (C=O) groups is 1. The molecule has 0 unspecified atom stereocenters. The number of amides is 1. The van der Waals surface area contributed by atoms with Crippen molar-refractivity contribution in [2.45, 2.75) is 19.9 Å². The van der Waals surface area contributed by atoms with Crippen molar-refractivity contribution in [2.24, 2.45) is 0 Å². The molecule has 5 aromatic rings. The lowest BCUT2D eigenvalue weighted by Crippen LogP contribution is -2.48. The van der Waals surface area contributed by atoms with Crippen LogP contribution in [0, 0.1) is 0 Å². The van der Waals surface area contributed by atoms with Gasteiger partial charge in [0.2, 0.25) is 0 Å². The molecule has 196 valence electrons. The number of aromatic nitrogens is 4. The van der Waals surface area contributed by atoms with E-state index in [4.69, 9.17) is 10.2 Å². The summed E-state index contributed by atoms with van der Waals surface area (Å²) in [5, 5.41) is 9.67. The van der Waals surface area contributed by atoms with Gasteiger partial charge in [0, 0.05) is 55.3 Å². The molecule has 1 aliphatic heterocycles. The second kappa shape index (κ2) is 10.2. The fourth-order valence-electron chi connectivity index (χ4n) is 5.14. The fraction of sp³-hybridized carbons (Fsp3) is 0.226. The topological polar surface area (TPSA) is 75.7 Å².